The molecule has 3 N–H and O–H groups in total. The molecule has 1 unspecified atom stereocenters. The summed E-state index contributed by atoms with van der Waals surface area (Å²) in [5.74, 6) is -0.863. The summed E-state index contributed by atoms with van der Waals surface area (Å²) in [5.41, 5.74) is 1.81. The van der Waals surface area contributed by atoms with Gasteiger partial charge in [0.1, 0.15) is 5.65 Å². The fourth-order valence-electron chi connectivity index (χ4n) is 2.09. The lowest BCUT2D eigenvalue weighted by atomic mass is 10.0. The number of aliphatic carboxylic acids is 1. The lowest BCUT2D eigenvalue weighted by Crippen LogP contribution is -2.30. The summed E-state index contributed by atoms with van der Waals surface area (Å²) in [6, 6.07) is 3.61. The van der Waals surface area contributed by atoms with E-state index in [9.17, 15) is 9.59 Å². The summed E-state index contributed by atoms with van der Waals surface area (Å²) in [6.45, 7) is 0. The average Bonchev–Trinajstić information content (AvgIpc) is 2.80. The van der Waals surface area contributed by atoms with Crippen molar-refractivity contribution in [2.75, 3.05) is 0 Å². The van der Waals surface area contributed by atoms with Crippen LogP contribution < -0.4 is 5.32 Å². The molecule has 0 radical (unpaired) electrons. The molecule has 6 nitrogen and oxygen atoms in total. The molecule has 1 amide bonds. The lowest BCUT2D eigenvalue weighted by molar-refractivity contribution is -0.137. The zero-order chi connectivity index (χ0) is 13.7. The van der Waals surface area contributed by atoms with Gasteiger partial charge in [0.25, 0.3) is 0 Å². The van der Waals surface area contributed by atoms with Gasteiger partial charge in [0, 0.05) is 30.2 Å². The fourth-order valence-corrected chi connectivity index (χ4v) is 2.09. The smallest absolute Gasteiger partial charge is 0.303 e. The third-order valence-corrected chi connectivity index (χ3v) is 3.01. The van der Waals surface area contributed by atoms with Crippen molar-refractivity contribution in [3.8, 4) is 0 Å². The molecular formula is C13H15N3O3. The molecule has 2 rings (SSSR count). The largest absolute Gasteiger partial charge is 0.481 e. The number of pyridine rings is 1. The van der Waals surface area contributed by atoms with Crippen LogP contribution >= 0.6 is 0 Å². The number of rotatable bonds is 7. The molecule has 0 saturated heterocycles. The van der Waals surface area contributed by atoms with Crippen LogP contribution in [0.15, 0.2) is 24.5 Å². The van der Waals surface area contributed by atoms with E-state index >= 15 is 0 Å². The second kappa shape index (κ2) is 5.99. The van der Waals surface area contributed by atoms with Gasteiger partial charge in [-0.1, -0.05) is 0 Å². The molecule has 6 heteroatoms. The van der Waals surface area contributed by atoms with Crippen molar-refractivity contribution in [3.05, 3.63) is 30.1 Å². The number of carboxylic acids is 1. The van der Waals surface area contributed by atoms with Gasteiger partial charge in [-0.2, -0.15) is 0 Å². The van der Waals surface area contributed by atoms with Gasteiger partial charge in [0.05, 0.1) is 0 Å². The molecule has 2 aromatic rings. The Kier molecular flexibility index (Phi) is 4.12. The summed E-state index contributed by atoms with van der Waals surface area (Å²) in [7, 11) is 0. The van der Waals surface area contributed by atoms with Crippen LogP contribution in [0, 0.1) is 0 Å². The molecule has 0 aliphatic carbocycles. The fraction of sp³-hybridized carbons (Fsp3) is 0.308. The van der Waals surface area contributed by atoms with Gasteiger partial charge in [0.2, 0.25) is 6.41 Å². The Balaban J connectivity index is 2.11. The minimum atomic E-state index is -0.863. The summed E-state index contributed by atoms with van der Waals surface area (Å²) in [6.07, 6.45) is 5.18. The van der Waals surface area contributed by atoms with E-state index in [1.54, 1.807) is 6.20 Å². The van der Waals surface area contributed by atoms with Crippen LogP contribution in [0.25, 0.3) is 11.0 Å². The third-order valence-electron chi connectivity index (χ3n) is 3.01. The van der Waals surface area contributed by atoms with E-state index in [0.717, 1.165) is 16.6 Å². The molecule has 1 atom stereocenters. The zero-order valence-electron chi connectivity index (χ0n) is 10.3. The molecule has 100 valence electrons. The van der Waals surface area contributed by atoms with Gasteiger partial charge in [-0.05, 0) is 30.5 Å². The van der Waals surface area contributed by atoms with E-state index in [4.69, 9.17) is 5.11 Å². The van der Waals surface area contributed by atoms with E-state index < -0.39 is 5.97 Å². The molecule has 0 spiro atoms. The monoisotopic (exact) mass is 261 g/mol. The van der Waals surface area contributed by atoms with Gasteiger partial charge < -0.3 is 15.4 Å². The van der Waals surface area contributed by atoms with Crippen LogP contribution in [0.3, 0.4) is 0 Å². The number of aromatic amines is 1. The van der Waals surface area contributed by atoms with Crippen molar-refractivity contribution in [1.29, 1.82) is 0 Å². The Morgan fingerprint density at radius 1 is 1.58 bits per heavy atom. The molecule has 0 aromatic carbocycles. The average molecular weight is 261 g/mol. The number of H-pyrrole nitrogens is 1. The minimum Gasteiger partial charge on any atom is -0.481 e. The quantitative estimate of drug-likeness (QED) is 0.650. The molecule has 0 bridgehead atoms. The van der Waals surface area contributed by atoms with Crippen LogP contribution in [-0.4, -0.2) is 33.5 Å². The standard InChI is InChI=1S/C13H15N3O3/c17-8-16-10(3-4-12(18)19)6-9-7-15-13-11(9)2-1-5-14-13/h1-2,5,7-8,10H,3-4,6H2,(H,14,15)(H,16,17)(H,18,19). The van der Waals surface area contributed by atoms with E-state index in [0.29, 0.717) is 19.3 Å². The molecule has 2 aromatic heterocycles. The minimum absolute atomic E-state index is 0.0338. The zero-order valence-corrected chi connectivity index (χ0v) is 10.3. The van der Waals surface area contributed by atoms with Gasteiger partial charge in [-0.15, -0.1) is 0 Å². The number of carboxylic acid groups (broad SMARTS) is 1. The van der Waals surface area contributed by atoms with E-state index in [2.05, 4.69) is 15.3 Å². The summed E-state index contributed by atoms with van der Waals surface area (Å²) >= 11 is 0. The summed E-state index contributed by atoms with van der Waals surface area (Å²) < 4.78 is 0. The normalized spacial score (nSPS) is 12.2. The topological polar surface area (TPSA) is 95.1 Å². The predicted octanol–water partition coefficient (Wildman–Crippen LogP) is 1.08. The van der Waals surface area contributed by atoms with Crippen molar-refractivity contribution < 1.29 is 14.7 Å². The Bertz CT molecular complexity index is 579. The van der Waals surface area contributed by atoms with Crippen molar-refractivity contribution in [3.63, 3.8) is 0 Å². The number of fused-ring (bicyclic) bond motifs is 1. The van der Waals surface area contributed by atoms with Crippen molar-refractivity contribution in [2.45, 2.75) is 25.3 Å². The number of carbonyl (C=O) groups excluding carboxylic acids is 1. The number of hydrogen-bond acceptors (Lipinski definition) is 3. The third kappa shape index (κ3) is 3.31. The maximum absolute atomic E-state index is 10.6. The maximum Gasteiger partial charge on any atom is 0.303 e. The molecule has 0 aliphatic rings. The number of hydrogen-bond donors (Lipinski definition) is 3. The first-order chi connectivity index (χ1) is 9.20. The van der Waals surface area contributed by atoms with Crippen LogP contribution in [0.4, 0.5) is 0 Å². The van der Waals surface area contributed by atoms with Crippen molar-refractivity contribution in [1.82, 2.24) is 15.3 Å². The predicted molar refractivity (Wildman–Crippen MR) is 69.7 cm³/mol. The summed E-state index contributed by atoms with van der Waals surface area (Å²) in [5, 5.41) is 12.4. The Hall–Kier alpha value is -2.37. The lowest BCUT2D eigenvalue weighted by Gasteiger charge is -2.14. The van der Waals surface area contributed by atoms with E-state index in [1.807, 2.05) is 18.3 Å². The van der Waals surface area contributed by atoms with Crippen LogP contribution in [0.5, 0.6) is 0 Å². The highest BCUT2D eigenvalue weighted by atomic mass is 16.4. The SMILES string of the molecule is O=CNC(CCC(=O)O)Cc1c[nH]c2ncccc12. The molecule has 19 heavy (non-hydrogen) atoms. The second-order valence-electron chi connectivity index (χ2n) is 4.33. The van der Waals surface area contributed by atoms with Gasteiger partial charge in [-0.25, -0.2) is 4.98 Å². The number of aromatic nitrogens is 2. The first kappa shape index (κ1) is 13.1. The first-order valence-corrected chi connectivity index (χ1v) is 6.03. The van der Waals surface area contributed by atoms with Gasteiger partial charge in [-0.3, -0.25) is 9.59 Å². The Morgan fingerprint density at radius 3 is 3.16 bits per heavy atom. The number of amides is 1. The highest BCUT2D eigenvalue weighted by Crippen LogP contribution is 2.18. The van der Waals surface area contributed by atoms with Crippen LogP contribution in [0.1, 0.15) is 18.4 Å². The number of nitrogens with one attached hydrogen (secondary N) is 2. The van der Waals surface area contributed by atoms with E-state index in [-0.39, 0.29) is 12.5 Å². The highest BCUT2D eigenvalue weighted by Gasteiger charge is 2.13. The van der Waals surface area contributed by atoms with Crippen molar-refractivity contribution in [2.24, 2.45) is 0 Å². The number of carbonyl (C=O) groups is 2. The highest BCUT2D eigenvalue weighted by molar-refractivity contribution is 5.79. The Labute approximate surface area is 109 Å². The Morgan fingerprint density at radius 2 is 2.42 bits per heavy atom. The van der Waals surface area contributed by atoms with E-state index in [1.165, 1.54) is 0 Å². The molecule has 0 aliphatic heterocycles. The summed E-state index contributed by atoms with van der Waals surface area (Å²) in [4.78, 5) is 28.4. The van der Waals surface area contributed by atoms with Crippen LogP contribution in [0.2, 0.25) is 0 Å². The first-order valence-electron chi connectivity index (χ1n) is 6.03. The maximum atomic E-state index is 10.6. The molecule has 0 fully saturated rings. The van der Waals surface area contributed by atoms with Gasteiger partial charge in [0.15, 0.2) is 0 Å². The molecular weight excluding hydrogens is 246 g/mol. The molecule has 0 saturated carbocycles. The van der Waals surface area contributed by atoms with Crippen molar-refractivity contribution >= 4 is 23.4 Å². The number of nitrogens with zero attached hydrogens (tertiary/aromatic N) is 1. The molecule has 2 heterocycles. The van der Waals surface area contributed by atoms with Gasteiger partial charge >= 0.3 is 5.97 Å². The second-order valence-corrected chi connectivity index (χ2v) is 4.33. The van der Waals surface area contributed by atoms with Crippen LogP contribution in [-0.2, 0) is 16.0 Å².